The molecule has 8 heteroatoms. The molecule has 1 aromatic heterocycles. The average Bonchev–Trinajstić information content (AvgIpc) is 3.24. The van der Waals surface area contributed by atoms with E-state index in [4.69, 9.17) is 4.74 Å². The monoisotopic (exact) mass is 436 g/mol. The number of nitrogens with one attached hydrogen (secondary N) is 1. The molecule has 1 unspecified atom stereocenters. The Morgan fingerprint density at radius 2 is 2.07 bits per heavy atom. The molecule has 158 valence electrons. The lowest BCUT2D eigenvalue weighted by Crippen LogP contribution is -2.40. The summed E-state index contributed by atoms with van der Waals surface area (Å²) in [6.45, 7) is 3.83. The van der Waals surface area contributed by atoms with Crippen LogP contribution in [-0.2, 0) is 21.1 Å². The van der Waals surface area contributed by atoms with Gasteiger partial charge >= 0.3 is 0 Å². The van der Waals surface area contributed by atoms with Crippen LogP contribution in [0.3, 0.4) is 0 Å². The quantitative estimate of drug-likeness (QED) is 0.654. The molecular formula is C21H28N2O4S2. The largest absolute Gasteiger partial charge is 0.384 e. The smallest absolute Gasteiger partial charge is 0.251 e. The van der Waals surface area contributed by atoms with Crippen LogP contribution in [0.4, 0.5) is 0 Å². The van der Waals surface area contributed by atoms with Crippen molar-refractivity contribution in [3.63, 3.8) is 0 Å². The molecule has 6 nitrogen and oxygen atoms in total. The molecule has 1 atom stereocenters. The van der Waals surface area contributed by atoms with Crippen molar-refractivity contribution < 1.29 is 17.9 Å². The van der Waals surface area contributed by atoms with E-state index in [1.165, 1.54) is 24.1 Å². The Bertz CT molecular complexity index is 880. The van der Waals surface area contributed by atoms with E-state index in [0.717, 1.165) is 32.5 Å². The molecule has 1 saturated heterocycles. The lowest BCUT2D eigenvalue weighted by atomic mass is 9.98. The minimum absolute atomic E-state index is 0.0707. The first-order valence-corrected chi connectivity index (χ1v) is 12.4. The number of hydrogen-bond acceptors (Lipinski definition) is 6. The van der Waals surface area contributed by atoms with Gasteiger partial charge in [0.05, 0.1) is 17.3 Å². The Hall–Kier alpha value is -1.74. The van der Waals surface area contributed by atoms with E-state index in [1.807, 2.05) is 0 Å². The Morgan fingerprint density at radius 3 is 2.76 bits per heavy atom. The Balaban J connectivity index is 1.50. The second kappa shape index (κ2) is 10.3. The van der Waals surface area contributed by atoms with Crippen molar-refractivity contribution in [3.05, 3.63) is 52.2 Å². The van der Waals surface area contributed by atoms with Crippen molar-refractivity contribution in [2.75, 3.05) is 39.1 Å². The molecule has 3 rings (SSSR count). The minimum atomic E-state index is -3.38. The number of methoxy groups -OCH3 is 1. The third-order valence-corrected chi connectivity index (χ3v) is 7.70. The van der Waals surface area contributed by atoms with Crippen molar-refractivity contribution in [1.82, 2.24) is 10.2 Å². The van der Waals surface area contributed by atoms with Crippen molar-refractivity contribution in [3.8, 4) is 0 Å². The molecule has 0 radical (unpaired) electrons. The number of rotatable bonds is 9. The van der Waals surface area contributed by atoms with Crippen LogP contribution in [0.1, 0.15) is 28.1 Å². The first kappa shape index (κ1) is 22.0. The third-order valence-electron chi connectivity index (χ3n) is 5.15. The predicted octanol–water partition coefficient (Wildman–Crippen LogP) is 2.81. The average molecular weight is 437 g/mol. The second-order valence-corrected chi connectivity index (χ2v) is 10.5. The minimum Gasteiger partial charge on any atom is -0.384 e. The van der Waals surface area contributed by atoms with Crippen molar-refractivity contribution in [2.24, 2.45) is 5.92 Å². The molecule has 0 spiro atoms. The van der Waals surface area contributed by atoms with Crippen LogP contribution >= 0.6 is 11.3 Å². The summed E-state index contributed by atoms with van der Waals surface area (Å²) in [5.74, 6) is 0.196. The number of carbonyl (C=O) groups excluding carboxylic acids is 1. The van der Waals surface area contributed by atoms with Gasteiger partial charge in [0.1, 0.15) is 0 Å². The van der Waals surface area contributed by atoms with Crippen LogP contribution in [0.2, 0.25) is 0 Å². The van der Waals surface area contributed by atoms with Gasteiger partial charge in [0.15, 0.2) is 9.84 Å². The molecule has 1 amide bonds. The fourth-order valence-corrected chi connectivity index (χ4v) is 5.47. The summed E-state index contributed by atoms with van der Waals surface area (Å²) < 4.78 is 29.2. The molecule has 1 N–H and O–H groups in total. The van der Waals surface area contributed by atoms with E-state index >= 15 is 0 Å². The zero-order valence-electron chi connectivity index (χ0n) is 16.7. The molecule has 1 aromatic carbocycles. The van der Waals surface area contributed by atoms with E-state index in [2.05, 4.69) is 27.7 Å². The lowest BCUT2D eigenvalue weighted by molar-refractivity contribution is 0.0931. The SMILES string of the molecule is COCCS(=O)(=O)c1ccc(C(=O)NCC2CCCN(Cc3cccs3)C2)cc1. The standard InChI is InChI=1S/C21H28N2O4S2/c1-27-11-13-29(25,26)20-8-6-18(7-9-20)21(24)22-14-17-4-2-10-23(15-17)16-19-5-3-12-28-19/h3,5-9,12,17H,2,4,10-11,13-16H2,1H3,(H,22,24). The number of likely N-dealkylation sites (tertiary alicyclic amines) is 1. The number of thiophene rings is 1. The van der Waals surface area contributed by atoms with Crippen LogP contribution in [0.25, 0.3) is 0 Å². The van der Waals surface area contributed by atoms with E-state index in [-0.39, 0.29) is 23.2 Å². The van der Waals surface area contributed by atoms with Gasteiger partial charge in [-0.2, -0.15) is 0 Å². The van der Waals surface area contributed by atoms with E-state index < -0.39 is 9.84 Å². The van der Waals surface area contributed by atoms with Gasteiger partial charge in [-0.25, -0.2) is 8.42 Å². The van der Waals surface area contributed by atoms with Gasteiger partial charge < -0.3 is 10.1 Å². The van der Waals surface area contributed by atoms with E-state index in [1.54, 1.807) is 23.5 Å². The molecule has 2 aromatic rings. The van der Waals surface area contributed by atoms with Gasteiger partial charge in [-0.1, -0.05) is 6.07 Å². The Morgan fingerprint density at radius 1 is 1.28 bits per heavy atom. The maximum atomic E-state index is 12.5. The Kier molecular flexibility index (Phi) is 7.83. The van der Waals surface area contributed by atoms with Gasteiger partial charge in [-0.05, 0) is 61.0 Å². The topological polar surface area (TPSA) is 75.7 Å². The fourth-order valence-electron chi connectivity index (χ4n) is 3.55. The maximum Gasteiger partial charge on any atom is 0.251 e. The van der Waals surface area contributed by atoms with Crippen LogP contribution in [0.5, 0.6) is 0 Å². The zero-order valence-corrected chi connectivity index (χ0v) is 18.3. The molecule has 2 heterocycles. The predicted molar refractivity (Wildman–Crippen MR) is 115 cm³/mol. The Labute approximate surface area is 176 Å². The first-order chi connectivity index (χ1) is 14.0. The number of piperidine rings is 1. The van der Waals surface area contributed by atoms with Crippen LogP contribution in [0.15, 0.2) is 46.7 Å². The highest BCUT2D eigenvalue weighted by Crippen LogP contribution is 2.20. The molecule has 1 aliphatic heterocycles. The molecule has 29 heavy (non-hydrogen) atoms. The summed E-state index contributed by atoms with van der Waals surface area (Å²) in [4.78, 5) is 16.5. The van der Waals surface area contributed by atoms with E-state index in [0.29, 0.717) is 18.0 Å². The number of sulfone groups is 1. The van der Waals surface area contributed by atoms with Crippen LogP contribution in [-0.4, -0.2) is 58.3 Å². The van der Waals surface area contributed by atoms with Gasteiger partial charge in [0.2, 0.25) is 0 Å². The number of benzene rings is 1. The van der Waals surface area contributed by atoms with Crippen LogP contribution < -0.4 is 5.32 Å². The third kappa shape index (κ3) is 6.37. The number of ether oxygens (including phenoxy) is 1. The molecule has 1 fully saturated rings. The normalized spacial score (nSPS) is 17.9. The molecule has 0 saturated carbocycles. The highest BCUT2D eigenvalue weighted by Gasteiger charge is 2.21. The summed E-state index contributed by atoms with van der Waals surface area (Å²) in [7, 11) is -1.91. The number of amides is 1. The molecular weight excluding hydrogens is 408 g/mol. The molecule has 0 bridgehead atoms. The number of hydrogen-bond donors (Lipinski definition) is 1. The lowest BCUT2D eigenvalue weighted by Gasteiger charge is -2.32. The summed E-state index contributed by atoms with van der Waals surface area (Å²) in [5, 5.41) is 5.11. The van der Waals surface area contributed by atoms with Gasteiger partial charge in [-0.3, -0.25) is 9.69 Å². The highest BCUT2D eigenvalue weighted by molar-refractivity contribution is 7.91. The summed E-state index contributed by atoms with van der Waals surface area (Å²) in [6, 6.07) is 10.4. The first-order valence-electron chi connectivity index (χ1n) is 9.82. The number of nitrogens with zero attached hydrogens (tertiary/aromatic N) is 1. The summed E-state index contributed by atoms with van der Waals surface area (Å²) in [6.07, 6.45) is 2.25. The van der Waals surface area contributed by atoms with Crippen molar-refractivity contribution in [1.29, 1.82) is 0 Å². The highest BCUT2D eigenvalue weighted by atomic mass is 32.2. The van der Waals surface area contributed by atoms with Crippen molar-refractivity contribution in [2.45, 2.75) is 24.3 Å². The van der Waals surface area contributed by atoms with Crippen LogP contribution in [0, 0.1) is 5.92 Å². The van der Waals surface area contributed by atoms with Gasteiger partial charge in [0.25, 0.3) is 5.91 Å². The molecule has 1 aliphatic rings. The summed E-state index contributed by atoms with van der Waals surface area (Å²) in [5.41, 5.74) is 0.474. The fraction of sp³-hybridized carbons (Fsp3) is 0.476. The van der Waals surface area contributed by atoms with Crippen molar-refractivity contribution >= 4 is 27.1 Å². The maximum absolute atomic E-state index is 12.5. The zero-order chi connectivity index (χ0) is 20.7. The summed E-state index contributed by atoms with van der Waals surface area (Å²) >= 11 is 1.78. The van der Waals surface area contributed by atoms with Gasteiger partial charge in [0, 0.05) is 37.2 Å². The molecule has 0 aliphatic carbocycles. The van der Waals surface area contributed by atoms with E-state index in [9.17, 15) is 13.2 Å². The number of carbonyl (C=O) groups is 1. The van der Waals surface area contributed by atoms with Gasteiger partial charge in [-0.15, -0.1) is 11.3 Å². The second-order valence-electron chi connectivity index (χ2n) is 7.37.